The normalized spacial score (nSPS) is 14.4. The van der Waals surface area contributed by atoms with Crippen LogP contribution in [0, 0.1) is 5.82 Å². The second-order valence-electron chi connectivity index (χ2n) is 6.32. The highest BCUT2D eigenvalue weighted by Crippen LogP contribution is 2.17. The van der Waals surface area contributed by atoms with Gasteiger partial charge in [-0.1, -0.05) is 35.9 Å². The Morgan fingerprint density at radius 2 is 1.79 bits per heavy atom. The number of carbonyl (C=O) groups excluding carboxylic acids is 2. The molecule has 0 aromatic heterocycles. The van der Waals surface area contributed by atoms with Crippen LogP contribution in [0.1, 0.15) is 5.56 Å². The van der Waals surface area contributed by atoms with Crippen LogP contribution >= 0.6 is 11.6 Å². The topological polar surface area (TPSA) is 49.9 Å². The summed E-state index contributed by atoms with van der Waals surface area (Å²) in [5, 5.41) is -0.0275. The van der Waals surface area contributed by atoms with E-state index >= 15 is 0 Å². The number of hydrogen-bond acceptors (Lipinski definition) is 4. The van der Waals surface area contributed by atoms with Crippen molar-refractivity contribution < 1.29 is 18.7 Å². The standard InChI is InChI=1S/C21H20ClFN2O3/c22-18-14-16(6-8-19(18)23)7-9-21(27)28-15-20(26)25-12-10-24(11-13-25)17-4-2-1-3-5-17/h1-9,14H,10-13,15H2/b9-7+. The minimum atomic E-state index is -0.642. The number of benzene rings is 2. The van der Waals surface area contributed by atoms with Gasteiger partial charge in [-0.25, -0.2) is 9.18 Å². The molecule has 1 fully saturated rings. The molecule has 1 heterocycles. The minimum Gasteiger partial charge on any atom is -0.452 e. The third kappa shape index (κ3) is 5.33. The van der Waals surface area contributed by atoms with Crippen molar-refractivity contribution in [2.45, 2.75) is 0 Å². The molecule has 7 heteroatoms. The van der Waals surface area contributed by atoms with Crippen molar-refractivity contribution in [3.8, 4) is 0 Å². The van der Waals surface area contributed by atoms with Crippen LogP contribution in [0.25, 0.3) is 6.08 Å². The summed E-state index contributed by atoms with van der Waals surface area (Å²) in [6.07, 6.45) is 2.64. The number of piperazine rings is 1. The van der Waals surface area contributed by atoms with E-state index in [9.17, 15) is 14.0 Å². The van der Waals surface area contributed by atoms with E-state index in [1.807, 2.05) is 30.3 Å². The second kappa shape index (κ2) is 9.37. The van der Waals surface area contributed by atoms with Crippen LogP contribution in [0.2, 0.25) is 5.02 Å². The van der Waals surface area contributed by atoms with Crippen LogP contribution in [-0.2, 0) is 14.3 Å². The van der Waals surface area contributed by atoms with Crippen LogP contribution in [0.5, 0.6) is 0 Å². The molecule has 2 aromatic rings. The average molecular weight is 403 g/mol. The van der Waals surface area contributed by atoms with Gasteiger partial charge in [-0.15, -0.1) is 0 Å². The van der Waals surface area contributed by atoms with Gasteiger partial charge in [-0.05, 0) is 35.9 Å². The van der Waals surface area contributed by atoms with Crippen molar-refractivity contribution in [3.05, 3.63) is 71.0 Å². The third-order valence-corrected chi connectivity index (χ3v) is 4.74. The van der Waals surface area contributed by atoms with Gasteiger partial charge in [-0.3, -0.25) is 4.79 Å². The molecule has 2 aromatic carbocycles. The van der Waals surface area contributed by atoms with Crippen LogP contribution < -0.4 is 4.90 Å². The fourth-order valence-corrected chi connectivity index (χ4v) is 3.09. The first-order valence-electron chi connectivity index (χ1n) is 8.90. The van der Waals surface area contributed by atoms with Crippen molar-refractivity contribution in [2.75, 3.05) is 37.7 Å². The van der Waals surface area contributed by atoms with Gasteiger partial charge < -0.3 is 14.5 Å². The first-order valence-corrected chi connectivity index (χ1v) is 9.28. The van der Waals surface area contributed by atoms with Gasteiger partial charge in [0.05, 0.1) is 5.02 Å². The van der Waals surface area contributed by atoms with Crippen molar-refractivity contribution in [2.24, 2.45) is 0 Å². The summed E-state index contributed by atoms with van der Waals surface area (Å²) < 4.78 is 18.1. The van der Waals surface area contributed by atoms with Gasteiger partial charge in [0, 0.05) is 37.9 Å². The maximum atomic E-state index is 13.1. The number of amides is 1. The number of anilines is 1. The number of nitrogens with zero attached hydrogens (tertiary/aromatic N) is 2. The molecule has 0 aliphatic carbocycles. The molecule has 28 heavy (non-hydrogen) atoms. The Balaban J connectivity index is 1.43. The lowest BCUT2D eigenvalue weighted by Crippen LogP contribution is -2.49. The van der Waals surface area contributed by atoms with Crippen molar-refractivity contribution in [1.82, 2.24) is 4.90 Å². The summed E-state index contributed by atoms with van der Waals surface area (Å²) in [6.45, 7) is 2.31. The lowest BCUT2D eigenvalue weighted by atomic mass is 10.2. The van der Waals surface area contributed by atoms with Crippen LogP contribution in [0.3, 0.4) is 0 Å². The molecule has 0 unspecified atom stereocenters. The Bertz CT molecular complexity index is 865. The van der Waals surface area contributed by atoms with Gasteiger partial charge in [0.1, 0.15) is 5.82 Å². The highest BCUT2D eigenvalue weighted by atomic mass is 35.5. The smallest absolute Gasteiger partial charge is 0.331 e. The van der Waals surface area contributed by atoms with Gasteiger partial charge >= 0.3 is 5.97 Å². The maximum absolute atomic E-state index is 13.1. The summed E-state index contributed by atoms with van der Waals surface area (Å²) in [7, 11) is 0. The molecule has 0 bridgehead atoms. The van der Waals surface area contributed by atoms with E-state index in [4.69, 9.17) is 16.3 Å². The summed E-state index contributed by atoms with van der Waals surface area (Å²) in [5.74, 6) is -1.39. The van der Waals surface area contributed by atoms with Gasteiger partial charge in [0.2, 0.25) is 0 Å². The zero-order chi connectivity index (χ0) is 19.9. The maximum Gasteiger partial charge on any atom is 0.331 e. The van der Waals surface area contributed by atoms with Gasteiger partial charge in [-0.2, -0.15) is 0 Å². The molecule has 0 saturated carbocycles. The van der Waals surface area contributed by atoms with E-state index in [1.54, 1.807) is 4.90 Å². The first kappa shape index (κ1) is 19.9. The monoisotopic (exact) mass is 402 g/mol. The molecule has 3 rings (SSSR count). The summed E-state index contributed by atoms with van der Waals surface area (Å²) in [6, 6.07) is 14.1. The molecule has 0 spiro atoms. The number of rotatable bonds is 5. The molecule has 1 aliphatic heterocycles. The third-order valence-electron chi connectivity index (χ3n) is 4.45. The molecule has 1 saturated heterocycles. The molecular formula is C21H20ClFN2O3. The molecule has 146 valence electrons. The lowest BCUT2D eigenvalue weighted by molar-refractivity contribution is -0.148. The number of esters is 1. The predicted molar refractivity (Wildman–Crippen MR) is 107 cm³/mol. The fraction of sp³-hybridized carbons (Fsp3) is 0.238. The number of ether oxygens (including phenoxy) is 1. The SMILES string of the molecule is O=C(/C=C/c1ccc(F)c(Cl)c1)OCC(=O)N1CCN(c2ccccc2)CC1. The lowest BCUT2D eigenvalue weighted by Gasteiger charge is -2.36. The Morgan fingerprint density at radius 1 is 1.07 bits per heavy atom. The van der Waals surface area contributed by atoms with Crippen molar-refractivity contribution >= 4 is 35.2 Å². The van der Waals surface area contributed by atoms with E-state index < -0.39 is 11.8 Å². The summed E-state index contributed by atoms with van der Waals surface area (Å²) >= 11 is 5.69. The Morgan fingerprint density at radius 3 is 2.46 bits per heavy atom. The first-order chi connectivity index (χ1) is 13.5. The van der Waals surface area contributed by atoms with Crippen molar-refractivity contribution in [1.29, 1.82) is 0 Å². The number of carbonyl (C=O) groups is 2. The van der Waals surface area contributed by atoms with E-state index in [1.165, 1.54) is 30.4 Å². The molecule has 1 aliphatic rings. The average Bonchev–Trinajstić information content (AvgIpc) is 2.73. The highest BCUT2D eigenvalue weighted by molar-refractivity contribution is 6.30. The number of para-hydroxylation sites is 1. The molecule has 0 radical (unpaired) electrons. The van der Waals surface area contributed by atoms with Gasteiger partial charge in [0.15, 0.2) is 6.61 Å². The van der Waals surface area contributed by atoms with E-state index in [2.05, 4.69) is 4.90 Å². The van der Waals surface area contributed by atoms with Gasteiger partial charge in [0.25, 0.3) is 5.91 Å². The zero-order valence-corrected chi connectivity index (χ0v) is 15.9. The van der Waals surface area contributed by atoms with E-state index in [-0.39, 0.29) is 17.5 Å². The van der Waals surface area contributed by atoms with Crippen LogP contribution in [0.15, 0.2) is 54.6 Å². The van der Waals surface area contributed by atoms with Crippen LogP contribution in [-0.4, -0.2) is 49.6 Å². The molecule has 1 amide bonds. The molecule has 5 nitrogen and oxygen atoms in total. The minimum absolute atomic E-state index is 0.0275. The predicted octanol–water partition coefficient (Wildman–Crippen LogP) is 3.38. The summed E-state index contributed by atoms with van der Waals surface area (Å²) in [4.78, 5) is 28.0. The Labute approximate surface area is 168 Å². The van der Waals surface area contributed by atoms with Crippen molar-refractivity contribution in [3.63, 3.8) is 0 Å². The quantitative estimate of drug-likeness (QED) is 0.568. The molecular weight excluding hydrogens is 383 g/mol. The summed E-state index contributed by atoms with van der Waals surface area (Å²) in [5.41, 5.74) is 1.69. The second-order valence-corrected chi connectivity index (χ2v) is 6.73. The molecule has 0 atom stereocenters. The largest absolute Gasteiger partial charge is 0.452 e. The molecule has 0 N–H and O–H groups in total. The van der Waals surface area contributed by atoms with Crippen LogP contribution in [0.4, 0.5) is 10.1 Å². The number of halogens is 2. The zero-order valence-electron chi connectivity index (χ0n) is 15.2. The highest BCUT2D eigenvalue weighted by Gasteiger charge is 2.21. The fourth-order valence-electron chi connectivity index (χ4n) is 2.91. The number of hydrogen-bond donors (Lipinski definition) is 0. The Hall–Kier alpha value is -2.86. The Kier molecular flexibility index (Phi) is 6.66. The van der Waals surface area contributed by atoms with E-state index in [0.29, 0.717) is 18.7 Å². The van der Waals surface area contributed by atoms with E-state index in [0.717, 1.165) is 18.8 Å².